The molecule has 26 heavy (non-hydrogen) atoms. The molecule has 0 saturated carbocycles. The molecule has 2 heterocycles. The SMILES string of the molecule is COc1ccc(CC(=O)NCC(c2cccs2)N2CCCCC2)cc1.Cl. The second-order valence-electron chi connectivity index (χ2n) is 6.46. The molecule has 1 fully saturated rings. The van der Waals surface area contributed by atoms with Gasteiger partial charge in [0, 0.05) is 11.4 Å². The van der Waals surface area contributed by atoms with E-state index in [1.165, 1.54) is 24.1 Å². The Kier molecular flexibility index (Phi) is 8.42. The Morgan fingerprint density at radius 2 is 1.92 bits per heavy atom. The van der Waals surface area contributed by atoms with Crippen LogP contribution in [0, 0.1) is 0 Å². The summed E-state index contributed by atoms with van der Waals surface area (Å²) in [6.07, 6.45) is 4.22. The highest BCUT2D eigenvalue weighted by Gasteiger charge is 2.23. The molecule has 142 valence electrons. The first-order chi connectivity index (χ1) is 12.3. The predicted molar refractivity (Wildman–Crippen MR) is 109 cm³/mol. The molecule has 6 heteroatoms. The van der Waals surface area contributed by atoms with Crippen LogP contribution in [-0.4, -0.2) is 37.6 Å². The molecule has 1 amide bonds. The highest BCUT2D eigenvalue weighted by atomic mass is 35.5. The third-order valence-corrected chi connectivity index (χ3v) is 5.69. The molecule has 1 aliphatic rings. The van der Waals surface area contributed by atoms with Gasteiger partial charge >= 0.3 is 0 Å². The van der Waals surface area contributed by atoms with Crippen molar-refractivity contribution >= 4 is 29.7 Å². The molecule has 3 rings (SSSR count). The molecule has 4 nitrogen and oxygen atoms in total. The normalized spacial score (nSPS) is 15.7. The molecule has 1 aromatic heterocycles. The lowest BCUT2D eigenvalue weighted by Crippen LogP contribution is -2.40. The molecule has 1 aromatic carbocycles. The Labute approximate surface area is 166 Å². The zero-order chi connectivity index (χ0) is 17.5. The number of nitrogens with zero attached hydrogens (tertiary/aromatic N) is 1. The number of carbonyl (C=O) groups is 1. The van der Waals surface area contributed by atoms with Gasteiger partial charge in [-0.3, -0.25) is 9.69 Å². The van der Waals surface area contributed by atoms with Crippen molar-refractivity contribution < 1.29 is 9.53 Å². The number of hydrogen-bond acceptors (Lipinski definition) is 4. The third kappa shape index (κ3) is 5.73. The van der Waals surface area contributed by atoms with Crippen LogP contribution in [0.4, 0.5) is 0 Å². The molecule has 1 atom stereocenters. The summed E-state index contributed by atoms with van der Waals surface area (Å²) in [7, 11) is 1.65. The molecule has 0 spiro atoms. The summed E-state index contributed by atoms with van der Waals surface area (Å²) in [6.45, 7) is 2.92. The highest BCUT2D eigenvalue weighted by Crippen LogP contribution is 2.27. The van der Waals surface area contributed by atoms with Gasteiger partial charge in [-0.25, -0.2) is 0 Å². The minimum atomic E-state index is 0. The van der Waals surface area contributed by atoms with Gasteiger partial charge in [-0.05, 0) is 55.1 Å². The fourth-order valence-corrected chi connectivity index (χ4v) is 4.18. The van der Waals surface area contributed by atoms with Crippen molar-refractivity contribution in [3.63, 3.8) is 0 Å². The number of carbonyl (C=O) groups excluding carboxylic acids is 1. The van der Waals surface area contributed by atoms with Gasteiger partial charge in [-0.2, -0.15) is 0 Å². The summed E-state index contributed by atoms with van der Waals surface area (Å²) >= 11 is 1.78. The van der Waals surface area contributed by atoms with Gasteiger partial charge in [0.05, 0.1) is 19.6 Å². The molecule has 1 unspecified atom stereocenters. The molecule has 2 aromatic rings. The first kappa shape index (κ1) is 20.7. The van der Waals surface area contributed by atoms with Gasteiger partial charge in [0.15, 0.2) is 0 Å². The summed E-state index contributed by atoms with van der Waals surface area (Å²) < 4.78 is 5.16. The fourth-order valence-electron chi connectivity index (χ4n) is 3.32. The van der Waals surface area contributed by atoms with E-state index in [0.717, 1.165) is 24.4 Å². The van der Waals surface area contributed by atoms with Gasteiger partial charge in [0.25, 0.3) is 0 Å². The number of halogens is 1. The number of hydrogen-bond donors (Lipinski definition) is 1. The standard InChI is InChI=1S/C20H26N2O2S.ClH/c1-24-17-9-7-16(8-10-17)14-20(23)21-15-18(19-6-5-13-25-19)22-11-3-2-4-12-22;/h5-10,13,18H,2-4,11-12,14-15H2,1H3,(H,21,23);1H. The number of piperidine rings is 1. The summed E-state index contributed by atoms with van der Waals surface area (Å²) in [6, 6.07) is 12.2. The van der Waals surface area contributed by atoms with Crippen molar-refractivity contribution in [3.05, 3.63) is 52.2 Å². The lowest BCUT2D eigenvalue weighted by atomic mass is 10.1. The van der Waals surface area contributed by atoms with E-state index in [4.69, 9.17) is 4.74 Å². The molecular formula is C20H27ClN2O2S. The van der Waals surface area contributed by atoms with Crippen molar-refractivity contribution in [2.45, 2.75) is 31.7 Å². The largest absolute Gasteiger partial charge is 0.497 e. The van der Waals surface area contributed by atoms with Crippen LogP contribution >= 0.6 is 23.7 Å². The highest BCUT2D eigenvalue weighted by molar-refractivity contribution is 7.10. The first-order valence-corrected chi connectivity index (χ1v) is 9.81. The maximum atomic E-state index is 12.4. The van der Waals surface area contributed by atoms with E-state index in [-0.39, 0.29) is 18.3 Å². The maximum Gasteiger partial charge on any atom is 0.224 e. The zero-order valence-corrected chi connectivity index (χ0v) is 16.8. The molecule has 0 aliphatic carbocycles. The van der Waals surface area contributed by atoms with E-state index in [1.54, 1.807) is 18.4 Å². The topological polar surface area (TPSA) is 41.6 Å². The Morgan fingerprint density at radius 1 is 1.19 bits per heavy atom. The van der Waals surface area contributed by atoms with Crippen LogP contribution < -0.4 is 10.1 Å². The quantitative estimate of drug-likeness (QED) is 0.769. The average Bonchev–Trinajstić information content (AvgIpc) is 3.18. The number of rotatable bonds is 7. The number of ether oxygens (including phenoxy) is 1. The van der Waals surface area contributed by atoms with Crippen molar-refractivity contribution in [3.8, 4) is 5.75 Å². The van der Waals surface area contributed by atoms with E-state index in [0.29, 0.717) is 19.0 Å². The minimum absolute atomic E-state index is 0. The van der Waals surface area contributed by atoms with Crippen LogP contribution in [0.1, 0.15) is 35.7 Å². The van der Waals surface area contributed by atoms with E-state index >= 15 is 0 Å². The summed E-state index contributed by atoms with van der Waals surface area (Å²) in [5, 5.41) is 5.26. The van der Waals surface area contributed by atoms with Crippen LogP contribution in [0.15, 0.2) is 41.8 Å². The zero-order valence-electron chi connectivity index (χ0n) is 15.1. The number of methoxy groups -OCH3 is 1. The molecule has 1 aliphatic heterocycles. The second kappa shape index (κ2) is 10.6. The van der Waals surface area contributed by atoms with E-state index < -0.39 is 0 Å². The molecule has 0 radical (unpaired) electrons. The van der Waals surface area contributed by atoms with Crippen molar-refractivity contribution in [1.29, 1.82) is 0 Å². The van der Waals surface area contributed by atoms with E-state index in [2.05, 4.69) is 27.7 Å². The van der Waals surface area contributed by atoms with Crippen LogP contribution in [0.25, 0.3) is 0 Å². The van der Waals surface area contributed by atoms with E-state index in [9.17, 15) is 4.79 Å². The molecular weight excluding hydrogens is 368 g/mol. The Morgan fingerprint density at radius 3 is 2.54 bits per heavy atom. The average molecular weight is 395 g/mol. The minimum Gasteiger partial charge on any atom is -0.497 e. The monoisotopic (exact) mass is 394 g/mol. The first-order valence-electron chi connectivity index (χ1n) is 8.93. The number of nitrogens with one attached hydrogen (secondary N) is 1. The van der Waals surface area contributed by atoms with Crippen LogP contribution in [-0.2, 0) is 11.2 Å². The van der Waals surface area contributed by atoms with Gasteiger partial charge in [0.1, 0.15) is 5.75 Å². The fraction of sp³-hybridized carbons (Fsp3) is 0.450. The van der Waals surface area contributed by atoms with Gasteiger partial charge in [0.2, 0.25) is 5.91 Å². The Hall–Kier alpha value is -1.56. The molecule has 1 N–H and O–H groups in total. The summed E-state index contributed by atoms with van der Waals surface area (Å²) in [5.41, 5.74) is 1.00. The van der Waals surface area contributed by atoms with Crippen molar-refractivity contribution in [2.75, 3.05) is 26.7 Å². The summed E-state index contributed by atoms with van der Waals surface area (Å²) in [5.74, 6) is 0.885. The van der Waals surface area contributed by atoms with Crippen LogP contribution in [0.3, 0.4) is 0 Å². The second-order valence-corrected chi connectivity index (χ2v) is 7.44. The lowest BCUT2D eigenvalue weighted by molar-refractivity contribution is -0.120. The Balaban J connectivity index is 0.00000243. The van der Waals surface area contributed by atoms with Crippen LogP contribution in [0.5, 0.6) is 5.75 Å². The molecule has 0 bridgehead atoms. The summed E-state index contributed by atoms with van der Waals surface area (Å²) in [4.78, 5) is 16.2. The smallest absolute Gasteiger partial charge is 0.224 e. The van der Waals surface area contributed by atoms with Gasteiger partial charge < -0.3 is 10.1 Å². The van der Waals surface area contributed by atoms with E-state index in [1.807, 2.05) is 24.3 Å². The molecule has 1 saturated heterocycles. The van der Waals surface area contributed by atoms with Gasteiger partial charge in [-0.15, -0.1) is 23.7 Å². The number of likely N-dealkylation sites (tertiary alicyclic amines) is 1. The predicted octanol–water partition coefficient (Wildman–Crippen LogP) is 4.06. The van der Waals surface area contributed by atoms with Crippen molar-refractivity contribution in [1.82, 2.24) is 10.2 Å². The van der Waals surface area contributed by atoms with Gasteiger partial charge in [-0.1, -0.05) is 24.6 Å². The number of thiophene rings is 1. The number of benzene rings is 1. The Bertz CT molecular complexity index is 655. The van der Waals surface area contributed by atoms with Crippen molar-refractivity contribution in [2.24, 2.45) is 0 Å². The maximum absolute atomic E-state index is 12.4. The third-order valence-electron chi connectivity index (χ3n) is 4.72. The van der Waals surface area contributed by atoms with Crippen LogP contribution in [0.2, 0.25) is 0 Å². The number of amides is 1. The lowest BCUT2D eigenvalue weighted by Gasteiger charge is -2.34.